The molecular formula is C12H8ClN5O3S. The van der Waals surface area contributed by atoms with Gasteiger partial charge in [-0.25, -0.2) is 9.89 Å². The van der Waals surface area contributed by atoms with Crippen LogP contribution in [0.15, 0.2) is 32.8 Å². The number of hydrogen-bond acceptors (Lipinski definition) is 6. The zero-order valence-electron chi connectivity index (χ0n) is 10.8. The van der Waals surface area contributed by atoms with Crippen molar-refractivity contribution in [3.63, 3.8) is 0 Å². The van der Waals surface area contributed by atoms with Crippen molar-refractivity contribution in [2.45, 2.75) is 5.03 Å². The van der Waals surface area contributed by atoms with E-state index in [0.717, 1.165) is 11.8 Å². The molecule has 0 saturated carbocycles. The van der Waals surface area contributed by atoms with E-state index >= 15 is 0 Å². The van der Waals surface area contributed by atoms with Crippen LogP contribution in [-0.2, 0) is 4.79 Å². The van der Waals surface area contributed by atoms with E-state index in [1.165, 1.54) is 18.2 Å². The van der Waals surface area contributed by atoms with Crippen molar-refractivity contribution < 1.29 is 4.79 Å². The van der Waals surface area contributed by atoms with Gasteiger partial charge in [0.15, 0.2) is 5.03 Å². The molecule has 22 heavy (non-hydrogen) atoms. The molecule has 3 N–H and O–H groups in total. The Hall–Kier alpha value is -2.57. The maximum absolute atomic E-state index is 11.8. The number of nitrogens with one attached hydrogen (secondary N) is 3. The minimum atomic E-state index is -0.726. The van der Waals surface area contributed by atoms with E-state index in [0.29, 0.717) is 5.02 Å². The molecule has 0 radical (unpaired) electrons. The predicted molar refractivity (Wildman–Crippen MR) is 81.0 cm³/mol. The fourth-order valence-electron chi connectivity index (χ4n) is 1.47. The van der Waals surface area contributed by atoms with Crippen molar-refractivity contribution in [3.05, 3.63) is 49.6 Å². The molecule has 0 bridgehead atoms. The maximum Gasteiger partial charge on any atom is 0.342 e. The van der Waals surface area contributed by atoms with Gasteiger partial charge in [-0.3, -0.25) is 14.6 Å². The van der Waals surface area contributed by atoms with Crippen molar-refractivity contribution in [1.29, 1.82) is 5.26 Å². The number of amides is 1. The molecule has 2 rings (SSSR count). The number of thioether (sulfide) groups is 1. The molecule has 112 valence electrons. The van der Waals surface area contributed by atoms with Gasteiger partial charge in [0.2, 0.25) is 5.91 Å². The molecule has 2 aromatic rings. The van der Waals surface area contributed by atoms with Crippen molar-refractivity contribution in [1.82, 2.24) is 15.2 Å². The Bertz CT molecular complexity index is 870. The molecular weight excluding hydrogens is 330 g/mol. The minimum Gasteiger partial charge on any atom is -0.324 e. The first kappa shape index (κ1) is 15.8. The maximum atomic E-state index is 11.8. The van der Waals surface area contributed by atoms with Gasteiger partial charge >= 0.3 is 5.69 Å². The average Bonchev–Trinajstić information content (AvgIpc) is 2.46. The summed E-state index contributed by atoms with van der Waals surface area (Å²) in [5, 5.41) is 17.4. The highest BCUT2D eigenvalue weighted by Gasteiger charge is 2.10. The first-order chi connectivity index (χ1) is 10.5. The molecule has 10 heteroatoms. The number of halogens is 1. The van der Waals surface area contributed by atoms with Crippen LogP contribution >= 0.6 is 23.4 Å². The van der Waals surface area contributed by atoms with Crippen molar-refractivity contribution in [2.24, 2.45) is 0 Å². The highest BCUT2D eigenvalue weighted by molar-refractivity contribution is 7.99. The highest BCUT2D eigenvalue weighted by Crippen LogP contribution is 2.20. The Morgan fingerprint density at radius 1 is 1.45 bits per heavy atom. The average molecular weight is 338 g/mol. The second kappa shape index (κ2) is 6.93. The Balaban J connectivity index is 2.05. The molecule has 0 fully saturated rings. The smallest absolute Gasteiger partial charge is 0.324 e. The second-order valence-electron chi connectivity index (χ2n) is 3.95. The summed E-state index contributed by atoms with van der Waals surface area (Å²) in [5.74, 6) is -0.573. The third-order valence-electron chi connectivity index (χ3n) is 2.40. The van der Waals surface area contributed by atoms with Gasteiger partial charge in [0.25, 0.3) is 5.56 Å². The summed E-state index contributed by atoms with van der Waals surface area (Å²) in [6, 6.07) is 6.40. The summed E-state index contributed by atoms with van der Waals surface area (Å²) in [7, 11) is 0. The normalized spacial score (nSPS) is 10.0. The molecule has 0 atom stereocenters. The van der Waals surface area contributed by atoms with E-state index < -0.39 is 17.2 Å². The number of carbonyl (C=O) groups excluding carboxylic acids is 1. The van der Waals surface area contributed by atoms with Gasteiger partial charge in [-0.15, -0.1) is 0 Å². The van der Waals surface area contributed by atoms with Gasteiger partial charge in [-0.1, -0.05) is 23.4 Å². The zero-order chi connectivity index (χ0) is 16.1. The number of hydrogen-bond donors (Lipinski definition) is 3. The molecule has 0 aliphatic rings. The van der Waals surface area contributed by atoms with Gasteiger partial charge in [0.1, 0.15) is 6.07 Å². The predicted octanol–water partition coefficient (Wildman–Crippen LogP) is 0.714. The van der Waals surface area contributed by atoms with Crippen molar-refractivity contribution in [2.75, 3.05) is 11.1 Å². The number of aromatic nitrogens is 3. The van der Waals surface area contributed by atoms with Gasteiger partial charge in [-0.2, -0.15) is 10.4 Å². The van der Waals surface area contributed by atoms with E-state index in [1.54, 1.807) is 0 Å². The Morgan fingerprint density at radius 3 is 2.91 bits per heavy atom. The fraction of sp³-hybridized carbons (Fsp3) is 0.0833. The lowest BCUT2D eigenvalue weighted by molar-refractivity contribution is -0.113. The molecule has 0 saturated heterocycles. The summed E-state index contributed by atoms with van der Waals surface area (Å²) < 4.78 is 0. The van der Waals surface area contributed by atoms with Crippen LogP contribution in [0.2, 0.25) is 5.02 Å². The number of carbonyl (C=O) groups is 1. The van der Waals surface area contributed by atoms with E-state index in [1.807, 2.05) is 11.1 Å². The number of nitrogens with zero attached hydrogens (tertiary/aromatic N) is 2. The SMILES string of the molecule is N#Cc1ccc(Cl)cc1NC(=O)CSc1n[nH]c(=O)[nH]c1=O. The molecule has 1 aromatic carbocycles. The van der Waals surface area contributed by atoms with Crippen LogP contribution in [0.4, 0.5) is 5.69 Å². The summed E-state index contributed by atoms with van der Waals surface area (Å²) in [5.41, 5.74) is -0.856. The van der Waals surface area contributed by atoms with Gasteiger partial charge in [0.05, 0.1) is 17.0 Å². The van der Waals surface area contributed by atoms with E-state index in [9.17, 15) is 14.4 Å². The minimum absolute atomic E-state index is 0.0404. The molecule has 0 unspecified atom stereocenters. The van der Waals surface area contributed by atoms with Crippen LogP contribution in [0, 0.1) is 11.3 Å². The third-order valence-corrected chi connectivity index (χ3v) is 3.59. The Kier molecular flexibility index (Phi) is 4.98. The number of aromatic amines is 2. The number of rotatable bonds is 4. The Labute approximate surface area is 132 Å². The summed E-state index contributed by atoms with van der Waals surface area (Å²) in [4.78, 5) is 36.1. The van der Waals surface area contributed by atoms with Gasteiger partial charge in [0, 0.05) is 5.02 Å². The number of benzene rings is 1. The quantitative estimate of drug-likeness (QED) is 0.704. The van der Waals surface area contributed by atoms with Crippen molar-refractivity contribution >= 4 is 35.0 Å². The van der Waals surface area contributed by atoms with Crippen LogP contribution in [0.3, 0.4) is 0 Å². The van der Waals surface area contributed by atoms with Crippen molar-refractivity contribution in [3.8, 4) is 6.07 Å². The number of anilines is 1. The summed E-state index contributed by atoms with van der Waals surface area (Å²) >= 11 is 6.66. The van der Waals surface area contributed by atoms with Crippen LogP contribution in [0.25, 0.3) is 0 Å². The van der Waals surface area contributed by atoms with Crippen LogP contribution in [0.1, 0.15) is 5.56 Å². The molecule has 1 aromatic heterocycles. The molecule has 1 heterocycles. The second-order valence-corrected chi connectivity index (χ2v) is 5.35. The fourth-order valence-corrected chi connectivity index (χ4v) is 2.28. The largest absolute Gasteiger partial charge is 0.342 e. The summed E-state index contributed by atoms with van der Waals surface area (Å²) in [6.45, 7) is 0. The molecule has 8 nitrogen and oxygen atoms in total. The standard InChI is InChI=1S/C12H8ClN5O3S/c13-7-2-1-6(4-14)8(3-7)15-9(19)5-22-11-10(20)16-12(21)18-17-11/h1-3H,5H2,(H,15,19)(H2,16,18,20,21). The third kappa shape index (κ3) is 3.97. The highest BCUT2D eigenvalue weighted by atomic mass is 35.5. The van der Waals surface area contributed by atoms with Crippen LogP contribution in [0.5, 0.6) is 0 Å². The van der Waals surface area contributed by atoms with Gasteiger partial charge in [-0.05, 0) is 18.2 Å². The monoisotopic (exact) mass is 337 g/mol. The Morgan fingerprint density at radius 2 is 2.23 bits per heavy atom. The van der Waals surface area contributed by atoms with E-state index in [4.69, 9.17) is 16.9 Å². The van der Waals surface area contributed by atoms with Gasteiger partial charge < -0.3 is 5.32 Å². The topological polar surface area (TPSA) is 131 Å². The number of nitriles is 1. The van der Waals surface area contributed by atoms with Crippen LogP contribution < -0.4 is 16.6 Å². The van der Waals surface area contributed by atoms with E-state index in [-0.39, 0.29) is 22.0 Å². The molecule has 0 aliphatic carbocycles. The molecule has 1 amide bonds. The number of H-pyrrole nitrogens is 2. The molecule has 0 spiro atoms. The first-order valence-electron chi connectivity index (χ1n) is 5.81. The lowest BCUT2D eigenvalue weighted by Crippen LogP contribution is -2.25. The van der Waals surface area contributed by atoms with E-state index in [2.05, 4.69) is 15.5 Å². The summed E-state index contributed by atoms with van der Waals surface area (Å²) in [6.07, 6.45) is 0. The molecule has 0 aliphatic heterocycles. The first-order valence-corrected chi connectivity index (χ1v) is 7.17. The van der Waals surface area contributed by atoms with Crippen LogP contribution in [-0.4, -0.2) is 26.8 Å². The lowest BCUT2D eigenvalue weighted by atomic mass is 10.2. The zero-order valence-corrected chi connectivity index (χ0v) is 12.4. The lowest BCUT2D eigenvalue weighted by Gasteiger charge is -2.06.